The molecule has 0 saturated carbocycles. The molecule has 0 spiro atoms. The first-order chi connectivity index (χ1) is 16.1. The van der Waals surface area contributed by atoms with Crippen LogP contribution in [0.5, 0.6) is 17.5 Å². The number of nitriles is 1. The molecule has 1 aliphatic heterocycles. The summed E-state index contributed by atoms with van der Waals surface area (Å²) in [7, 11) is 1.51. The third-order valence-electron chi connectivity index (χ3n) is 5.76. The highest BCUT2D eigenvalue weighted by Crippen LogP contribution is 2.35. The zero-order valence-electron chi connectivity index (χ0n) is 20.0. The van der Waals surface area contributed by atoms with E-state index in [9.17, 15) is 10.4 Å². The molecule has 1 aliphatic rings. The first kappa shape index (κ1) is 23.4. The average molecular weight is 461 g/mol. The number of aromatic nitrogens is 4. The molecule has 2 aromatic heterocycles. The fraction of sp³-hybridized carbons (Fsp3) is 0.400. The molecule has 176 valence electrons. The lowest BCUT2D eigenvalue weighted by Crippen LogP contribution is -2.60. The normalized spacial score (nSPS) is 17.1. The Balaban J connectivity index is 1.60. The lowest BCUT2D eigenvalue weighted by Gasteiger charge is -2.46. The summed E-state index contributed by atoms with van der Waals surface area (Å²) in [4.78, 5) is 0. The van der Waals surface area contributed by atoms with Gasteiger partial charge < -0.3 is 19.9 Å². The van der Waals surface area contributed by atoms with Crippen LogP contribution < -0.4 is 14.8 Å². The number of benzene rings is 1. The van der Waals surface area contributed by atoms with Crippen LogP contribution in [-0.2, 0) is 0 Å². The molecule has 2 N–H and O–H groups in total. The molecular formula is C25H28N6O3. The summed E-state index contributed by atoms with van der Waals surface area (Å²) in [6.45, 7) is 8.53. The number of hydrogen-bond donors (Lipinski definition) is 2. The van der Waals surface area contributed by atoms with E-state index in [2.05, 4.69) is 59.5 Å². The van der Waals surface area contributed by atoms with Gasteiger partial charge in [0.15, 0.2) is 0 Å². The lowest BCUT2D eigenvalue weighted by atomic mass is 9.81. The Bertz CT molecular complexity index is 1240. The summed E-state index contributed by atoms with van der Waals surface area (Å²) < 4.78 is 11.3. The molecule has 9 heteroatoms. The third-order valence-corrected chi connectivity index (χ3v) is 5.76. The van der Waals surface area contributed by atoms with Crippen molar-refractivity contribution in [1.82, 2.24) is 25.7 Å². The van der Waals surface area contributed by atoms with Crippen molar-refractivity contribution in [2.24, 2.45) is 0 Å². The van der Waals surface area contributed by atoms with Crippen molar-refractivity contribution in [3.8, 4) is 46.0 Å². The van der Waals surface area contributed by atoms with E-state index >= 15 is 0 Å². The lowest BCUT2D eigenvalue weighted by molar-refractivity contribution is 0.0522. The van der Waals surface area contributed by atoms with Crippen LogP contribution in [0.2, 0.25) is 0 Å². The number of hydrogen-bond acceptors (Lipinski definition) is 9. The Morgan fingerprint density at radius 2 is 1.76 bits per heavy atom. The van der Waals surface area contributed by atoms with Crippen molar-refractivity contribution in [2.75, 3.05) is 7.11 Å². The van der Waals surface area contributed by atoms with Crippen molar-refractivity contribution in [3.05, 3.63) is 42.1 Å². The van der Waals surface area contributed by atoms with Gasteiger partial charge in [0.2, 0.25) is 5.88 Å². The fourth-order valence-corrected chi connectivity index (χ4v) is 4.68. The number of phenols is 1. The summed E-state index contributed by atoms with van der Waals surface area (Å²) in [5.74, 6) is 0.583. The van der Waals surface area contributed by atoms with Gasteiger partial charge in [-0.1, -0.05) is 6.07 Å². The third kappa shape index (κ3) is 5.07. The van der Waals surface area contributed by atoms with Gasteiger partial charge in [0, 0.05) is 41.1 Å². The second-order valence-electron chi connectivity index (χ2n) is 9.82. The van der Waals surface area contributed by atoms with Gasteiger partial charge in [0.1, 0.15) is 23.5 Å². The molecule has 1 aromatic carbocycles. The van der Waals surface area contributed by atoms with Crippen molar-refractivity contribution >= 4 is 0 Å². The minimum absolute atomic E-state index is 0.00184. The molecule has 0 bridgehead atoms. The van der Waals surface area contributed by atoms with Crippen LogP contribution in [0.25, 0.3) is 22.4 Å². The first-order valence-electron chi connectivity index (χ1n) is 11.0. The predicted molar refractivity (Wildman–Crippen MR) is 126 cm³/mol. The zero-order chi connectivity index (χ0) is 24.5. The van der Waals surface area contributed by atoms with Crippen LogP contribution in [-0.4, -0.2) is 49.8 Å². The molecule has 0 atom stereocenters. The van der Waals surface area contributed by atoms with Gasteiger partial charge in [0.05, 0.1) is 19.0 Å². The Morgan fingerprint density at radius 1 is 1.03 bits per heavy atom. The molecule has 0 radical (unpaired) electrons. The highest BCUT2D eigenvalue weighted by Gasteiger charge is 2.39. The van der Waals surface area contributed by atoms with E-state index in [1.165, 1.54) is 7.11 Å². The number of rotatable bonds is 5. The minimum atomic E-state index is -0.103. The van der Waals surface area contributed by atoms with Crippen LogP contribution in [0.3, 0.4) is 0 Å². The van der Waals surface area contributed by atoms with Crippen LogP contribution in [0.1, 0.15) is 46.1 Å². The fourth-order valence-electron chi connectivity index (χ4n) is 4.68. The van der Waals surface area contributed by atoms with Gasteiger partial charge in [-0.25, -0.2) is 0 Å². The second kappa shape index (κ2) is 8.88. The van der Waals surface area contributed by atoms with E-state index in [1.807, 2.05) is 6.07 Å². The van der Waals surface area contributed by atoms with Crippen molar-refractivity contribution < 1.29 is 14.6 Å². The Hall–Kier alpha value is -3.77. The van der Waals surface area contributed by atoms with E-state index < -0.39 is 0 Å². The standard InChI is InChI=1S/C25H28N6O3/c1-24(2)11-18(12-25(3,4)31-24)34-23-16(13-26)8-20(28-30-23)19-7-6-15(9-21(19)32)17-10-22(33-5)29-27-14-17/h6-10,14,18,31-32H,11-12H2,1-5H3. The van der Waals surface area contributed by atoms with Crippen molar-refractivity contribution in [2.45, 2.75) is 57.7 Å². The van der Waals surface area contributed by atoms with E-state index in [0.29, 0.717) is 17.1 Å². The summed E-state index contributed by atoms with van der Waals surface area (Å²) in [5.41, 5.74) is 2.38. The van der Waals surface area contributed by atoms with Gasteiger partial charge >= 0.3 is 0 Å². The largest absolute Gasteiger partial charge is 0.507 e. The molecule has 9 nitrogen and oxygen atoms in total. The molecule has 0 aliphatic carbocycles. The number of aromatic hydroxyl groups is 1. The van der Waals surface area contributed by atoms with E-state index in [1.54, 1.807) is 30.5 Å². The maximum absolute atomic E-state index is 10.7. The smallest absolute Gasteiger partial charge is 0.251 e. The molecule has 4 rings (SSSR count). The number of methoxy groups -OCH3 is 1. The summed E-state index contributed by atoms with van der Waals surface area (Å²) in [5, 5.41) is 40.2. The Labute approximate surface area is 198 Å². The Morgan fingerprint density at radius 3 is 2.41 bits per heavy atom. The molecule has 0 amide bonds. The summed E-state index contributed by atoms with van der Waals surface area (Å²) in [6, 6.07) is 10.6. The van der Waals surface area contributed by atoms with E-state index in [0.717, 1.165) is 24.0 Å². The highest BCUT2D eigenvalue weighted by atomic mass is 16.5. The molecule has 3 heterocycles. The molecule has 1 fully saturated rings. The molecule has 34 heavy (non-hydrogen) atoms. The van der Waals surface area contributed by atoms with Crippen molar-refractivity contribution in [1.29, 1.82) is 5.26 Å². The van der Waals surface area contributed by atoms with Gasteiger partial charge in [-0.05, 0) is 51.5 Å². The van der Waals surface area contributed by atoms with Gasteiger partial charge in [-0.3, -0.25) is 0 Å². The number of nitrogens with one attached hydrogen (secondary N) is 1. The first-order valence-corrected chi connectivity index (χ1v) is 11.0. The SMILES string of the molecule is COc1cc(-c2ccc(-c3cc(C#N)c(OC4CC(C)(C)NC(C)(C)C4)nn3)c(O)c2)cnn1. The van der Waals surface area contributed by atoms with Gasteiger partial charge in [0.25, 0.3) is 5.88 Å². The molecule has 0 unspecified atom stereocenters. The van der Waals surface area contributed by atoms with Crippen LogP contribution in [0.4, 0.5) is 0 Å². The maximum Gasteiger partial charge on any atom is 0.251 e. The molecular weight excluding hydrogens is 432 g/mol. The molecule has 3 aromatic rings. The van der Waals surface area contributed by atoms with Crippen LogP contribution in [0, 0.1) is 11.3 Å². The average Bonchev–Trinajstić information content (AvgIpc) is 2.77. The monoisotopic (exact) mass is 460 g/mol. The van der Waals surface area contributed by atoms with E-state index in [4.69, 9.17) is 9.47 Å². The highest BCUT2D eigenvalue weighted by molar-refractivity contribution is 5.74. The zero-order valence-corrected chi connectivity index (χ0v) is 20.0. The molecule has 1 saturated heterocycles. The summed E-state index contributed by atoms with van der Waals surface area (Å²) in [6.07, 6.45) is 3.04. The topological polar surface area (TPSA) is 126 Å². The van der Waals surface area contributed by atoms with Crippen molar-refractivity contribution in [3.63, 3.8) is 0 Å². The maximum atomic E-state index is 10.7. The predicted octanol–water partition coefficient (Wildman–Crippen LogP) is 3.87. The number of nitrogens with zero attached hydrogens (tertiary/aromatic N) is 5. The Kier molecular flexibility index (Phi) is 6.11. The number of phenolic OH excluding ortho intramolecular Hbond substituents is 1. The van der Waals surface area contributed by atoms with Gasteiger partial charge in [-0.15, -0.1) is 15.3 Å². The number of piperidine rings is 1. The second-order valence-corrected chi connectivity index (χ2v) is 9.82. The van der Waals surface area contributed by atoms with E-state index in [-0.39, 0.29) is 34.4 Å². The summed E-state index contributed by atoms with van der Waals surface area (Å²) >= 11 is 0. The quantitative estimate of drug-likeness (QED) is 0.583. The van der Waals surface area contributed by atoms with Crippen LogP contribution in [0.15, 0.2) is 36.5 Å². The minimum Gasteiger partial charge on any atom is -0.507 e. The number of ether oxygens (including phenoxy) is 2. The van der Waals surface area contributed by atoms with Gasteiger partial charge in [-0.2, -0.15) is 10.4 Å². The van der Waals surface area contributed by atoms with Crippen LogP contribution >= 0.6 is 0 Å².